The fraction of sp³-hybridized carbons (Fsp3) is 0.286. The van der Waals surface area contributed by atoms with Gasteiger partial charge >= 0.3 is 0 Å². The molecule has 1 unspecified atom stereocenters. The van der Waals surface area contributed by atoms with Crippen molar-refractivity contribution < 1.29 is 10.0 Å². The van der Waals surface area contributed by atoms with E-state index in [0.717, 1.165) is 6.20 Å². The van der Waals surface area contributed by atoms with Crippen LogP contribution in [0.2, 0.25) is 0 Å². The van der Waals surface area contributed by atoms with Gasteiger partial charge in [-0.1, -0.05) is 0 Å². The van der Waals surface area contributed by atoms with Crippen LogP contribution in [0.1, 0.15) is 18.6 Å². The van der Waals surface area contributed by atoms with Crippen LogP contribution < -0.4 is 0 Å². The van der Waals surface area contributed by atoms with E-state index in [2.05, 4.69) is 4.98 Å². The number of nitro groups is 1. The third-order valence-electron chi connectivity index (χ3n) is 1.48. The Morgan fingerprint density at radius 2 is 2.42 bits per heavy atom. The second-order valence-electron chi connectivity index (χ2n) is 2.37. The molecular formula is C7H8N2O3. The second kappa shape index (κ2) is 3.27. The number of aliphatic hydroxyl groups is 1. The highest BCUT2D eigenvalue weighted by Crippen LogP contribution is 2.22. The zero-order valence-corrected chi connectivity index (χ0v) is 6.47. The monoisotopic (exact) mass is 168 g/mol. The van der Waals surface area contributed by atoms with Gasteiger partial charge in [0.15, 0.2) is 0 Å². The Morgan fingerprint density at radius 3 is 2.83 bits per heavy atom. The first kappa shape index (κ1) is 8.61. The van der Waals surface area contributed by atoms with Gasteiger partial charge in [0.25, 0.3) is 5.69 Å². The maximum absolute atomic E-state index is 10.4. The summed E-state index contributed by atoms with van der Waals surface area (Å²) < 4.78 is 0. The minimum Gasteiger partial charge on any atom is -0.388 e. The molecule has 1 aromatic rings. The summed E-state index contributed by atoms with van der Waals surface area (Å²) in [6.07, 6.45) is 1.70. The topological polar surface area (TPSA) is 76.3 Å². The molecule has 0 aliphatic rings. The van der Waals surface area contributed by atoms with Gasteiger partial charge in [0.2, 0.25) is 0 Å². The Labute approximate surface area is 68.8 Å². The predicted molar refractivity (Wildman–Crippen MR) is 41.5 cm³/mol. The molecular weight excluding hydrogens is 160 g/mol. The first-order valence-electron chi connectivity index (χ1n) is 3.39. The van der Waals surface area contributed by atoms with Crippen molar-refractivity contribution in [1.29, 1.82) is 0 Å². The number of pyridine rings is 1. The zero-order chi connectivity index (χ0) is 9.14. The van der Waals surface area contributed by atoms with E-state index in [4.69, 9.17) is 5.11 Å². The lowest BCUT2D eigenvalue weighted by molar-refractivity contribution is -0.386. The number of nitrogens with zero attached hydrogens (tertiary/aromatic N) is 2. The summed E-state index contributed by atoms with van der Waals surface area (Å²) >= 11 is 0. The zero-order valence-electron chi connectivity index (χ0n) is 6.47. The van der Waals surface area contributed by atoms with E-state index in [1.54, 1.807) is 0 Å². The molecule has 12 heavy (non-hydrogen) atoms. The van der Waals surface area contributed by atoms with Gasteiger partial charge < -0.3 is 5.11 Å². The first-order valence-corrected chi connectivity index (χ1v) is 3.39. The molecule has 0 amide bonds. The van der Waals surface area contributed by atoms with Gasteiger partial charge in [0, 0.05) is 6.20 Å². The molecule has 0 aliphatic heterocycles. The Bertz CT molecular complexity index is 298. The van der Waals surface area contributed by atoms with Crippen molar-refractivity contribution in [3.63, 3.8) is 0 Å². The lowest BCUT2D eigenvalue weighted by atomic mass is 10.1. The molecule has 0 bridgehead atoms. The molecule has 64 valence electrons. The molecule has 0 saturated carbocycles. The molecule has 5 heteroatoms. The average molecular weight is 168 g/mol. The van der Waals surface area contributed by atoms with E-state index < -0.39 is 11.0 Å². The van der Waals surface area contributed by atoms with Crippen molar-refractivity contribution in [1.82, 2.24) is 4.98 Å². The Morgan fingerprint density at radius 1 is 1.75 bits per heavy atom. The maximum atomic E-state index is 10.4. The van der Waals surface area contributed by atoms with E-state index in [0.29, 0.717) is 0 Å². The van der Waals surface area contributed by atoms with E-state index in [-0.39, 0.29) is 11.3 Å². The molecule has 1 heterocycles. The largest absolute Gasteiger partial charge is 0.388 e. The van der Waals surface area contributed by atoms with E-state index in [9.17, 15) is 10.1 Å². The molecule has 0 spiro atoms. The van der Waals surface area contributed by atoms with Crippen LogP contribution in [-0.4, -0.2) is 15.0 Å². The van der Waals surface area contributed by atoms with Gasteiger partial charge in [-0.25, -0.2) is 0 Å². The number of hydrogen-bond acceptors (Lipinski definition) is 4. The van der Waals surface area contributed by atoms with Crippen LogP contribution in [-0.2, 0) is 0 Å². The number of aliphatic hydroxyl groups excluding tert-OH is 1. The maximum Gasteiger partial charge on any atom is 0.293 e. The highest BCUT2D eigenvalue weighted by Gasteiger charge is 2.16. The summed E-state index contributed by atoms with van der Waals surface area (Å²) in [6, 6.07) is 1.43. The molecule has 1 atom stereocenters. The standard InChI is InChI=1S/C7H8N2O3/c1-5(10)6-2-3-8-4-7(6)9(11)12/h2-5,10H,1H3. The van der Waals surface area contributed by atoms with Gasteiger partial charge in [-0.15, -0.1) is 0 Å². The molecule has 1 aromatic heterocycles. The number of hydrogen-bond donors (Lipinski definition) is 1. The molecule has 0 fully saturated rings. The van der Waals surface area contributed by atoms with Gasteiger partial charge in [0.1, 0.15) is 6.20 Å². The van der Waals surface area contributed by atoms with Crippen LogP contribution in [0.25, 0.3) is 0 Å². The van der Waals surface area contributed by atoms with Crippen LogP contribution >= 0.6 is 0 Å². The van der Waals surface area contributed by atoms with Crippen LogP contribution in [0.5, 0.6) is 0 Å². The predicted octanol–water partition coefficient (Wildman–Crippen LogP) is 1.04. The quantitative estimate of drug-likeness (QED) is 0.528. The van der Waals surface area contributed by atoms with Gasteiger partial charge in [-0.05, 0) is 13.0 Å². The highest BCUT2D eigenvalue weighted by molar-refractivity contribution is 5.37. The summed E-state index contributed by atoms with van der Waals surface area (Å²) in [7, 11) is 0. The van der Waals surface area contributed by atoms with Gasteiger partial charge in [-0.2, -0.15) is 0 Å². The number of aromatic nitrogens is 1. The smallest absolute Gasteiger partial charge is 0.293 e. The van der Waals surface area contributed by atoms with E-state index in [1.165, 1.54) is 19.2 Å². The molecule has 0 aliphatic carbocycles. The Hall–Kier alpha value is -1.49. The minimum absolute atomic E-state index is 0.146. The molecule has 1 N–H and O–H groups in total. The van der Waals surface area contributed by atoms with Gasteiger partial charge in [-0.3, -0.25) is 15.1 Å². The van der Waals surface area contributed by atoms with E-state index in [1.807, 2.05) is 0 Å². The van der Waals surface area contributed by atoms with Crippen molar-refractivity contribution in [2.75, 3.05) is 0 Å². The fourth-order valence-electron chi connectivity index (χ4n) is 0.903. The van der Waals surface area contributed by atoms with E-state index >= 15 is 0 Å². The molecule has 5 nitrogen and oxygen atoms in total. The molecule has 0 saturated heterocycles. The molecule has 1 rings (SSSR count). The fourth-order valence-corrected chi connectivity index (χ4v) is 0.903. The van der Waals surface area contributed by atoms with Crippen LogP contribution in [0.3, 0.4) is 0 Å². The number of rotatable bonds is 2. The van der Waals surface area contributed by atoms with Crippen molar-refractivity contribution in [3.8, 4) is 0 Å². The minimum atomic E-state index is -0.839. The van der Waals surface area contributed by atoms with Crippen LogP contribution in [0.15, 0.2) is 18.5 Å². The van der Waals surface area contributed by atoms with Crippen LogP contribution in [0.4, 0.5) is 5.69 Å². The summed E-state index contributed by atoms with van der Waals surface area (Å²) in [5.41, 5.74) is 0.141. The van der Waals surface area contributed by atoms with Crippen LogP contribution in [0, 0.1) is 10.1 Å². The third-order valence-corrected chi connectivity index (χ3v) is 1.48. The normalized spacial score (nSPS) is 12.5. The summed E-state index contributed by atoms with van der Waals surface area (Å²) in [4.78, 5) is 13.4. The SMILES string of the molecule is CC(O)c1ccncc1[N+](=O)[O-]. The molecule has 0 aromatic carbocycles. The summed E-state index contributed by atoms with van der Waals surface area (Å²) in [6.45, 7) is 1.47. The Balaban J connectivity index is 3.17. The highest BCUT2D eigenvalue weighted by atomic mass is 16.6. The molecule has 0 radical (unpaired) electrons. The average Bonchev–Trinajstić information content (AvgIpc) is 2.04. The summed E-state index contributed by atoms with van der Waals surface area (Å²) in [5.74, 6) is 0. The Kier molecular flexibility index (Phi) is 2.35. The van der Waals surface area contributed by atoms with Gasteiger partial charge in [0.05, 0.1) is 16.6 Å². The lowest BCUT2D eigenvalue weighted by Crippen LogP contribution is -1.99. The lowest BCUT2D eigenvalue weighted by Gasteiger charge is -2.03. The van der Waals surface area contributed by atoms with Crippen molar-refractivity contribution in [3.05, 3.63) is 34.1 Å². The van der Waals surface area contributed by atoms with Crippen molar-refractivity contribution in [2.45, 2.75) is 13.0 Å². The van der Waals surface area contributed by atoms with Crippen molar-refractivity contribution >= 4 is 5.69 Å². The third kappa shape index (κ3) is 1.57. The second-order valence-corrected chi connectivity index (χ2v) is 2.37. The summed E-state index contributed by atoms with van der Waals surface area (Å²) in [5, 5.41) is 19.5. The first-order chi connectivity index (χ1) is 5.63. The van der Waals surface area contributed by atoms with Crippen molar-refractivity contribution in [2.24, 2.45) is 0 Å².